The lowest BCUT2D eigenvalue weighted by Crippen LogP contribution is -2.45. The molecule has 0 spiro atoms. The van der Waals surface area contributed by atoms with Crippen LogP contribution in [0.5, 0.6) is 0 Å². The van der Waals surface area contributed by atoms with Crippen LogP contribution in [0.15, 0.2) is 0 Å². The normalized spacial score (nSPS) is 21.5. The lowest BCUT2D eigenvalue weighted by molar-refractivity contribution is 0.140. The van der Waals surface area contributed by atoms with E-state index in [0.717, 1.165) is 12.1 Å². The second-order valence-corrected chi connectivity index (χ2v) is 6.64. The fraction of sp³-hybridized carbons (Fsp3) is 1.00. The predicted octanol–water partition coefficient (Wildman–Crippen LogP) is 4.20. The van der Waals surface area contributed by atoms with Gasteiger partial charge in [0.1, 0.15) is 0 Å². The second kappa shape index (κ2) is 9.77. The van der Waals surface area contributed by atoms with Gasteiger partial charge in [-0.3, -0.25) is 4.90 Å². The highest BCUT2D eigenvalue weighted by atomic mass is 15.2. The molecular weight excluding hydrogens is 232 g/mol. The van der Waals surface area contributed by atoms with Crippen molar-refractivity contribution in [3.8, 4) is 0 Å². The highest BCUT2D eigenvalue weighted by Gasteiger charge is 2.22. The third-order valence-electron chi connectivity index (χ3n) is 4.55. The van der Waals surface area contributed by atoms with Gasteiger partial charge in [-0.25, -0.2) is 0 Å². The van der Waals surface area contributed by atoms with Crippen LogP contribution in [0.25, 0.3) is 0 Å². The van der Waals surface area contributed by atoms with E-state index < -0.39 is 0 Å². The van der Waals surface area contributed by atoms with Crippen molar-refractivity contribution in [1.29, 1.82) is 0 Å². The van der Waals surface area contributed by atoms with Crippen molar-refractivity contribution in [2.45, 2.75) is 97.2 Å². The molecule has 1 heterocycles. The molecule has 2 heteroatoms. The molecule has 1 saturated heterocycles. The Labute approximate surface area is 121 Å². The molecule has 0 aliphatic carbocycles. The standard InChI is InChI=1S/C17H36N2/c1-5-6-7-8-9-11-16(4)19(15(2)3)14-17-12-10-13-18-17/h15-18H,5-14H2,1-4H3. The minimum atomic E-state index is 0.674. The Kier molecular flexibility index (Phi) is 8.72. The minimum absolute atomic E-state index is 0.674. The molecule has 0 bridgehead atoms. The maximum atomic E-state index is 3.64. The Bertz CT molecular complexity index is 209. The Morgan fingerprint density at radius 3 is 2.42 bits per heavy atom. The van der Waals surface area contributed by atoms with Crippen LogP contribution in [0.1, 0.15) is 79.1 Å². The first-order chi connectivity index (χ1) is 9.15. The second-order valence-electron chi connectivity index (χ2n) is 6.64. The van der Waals surface area contributed by atoms with Gasteiger partial charge in [0.2, 0.25) is 0 Å². The van der Waals surface area contributed by atoms with E-state index >= 15 is 0 Å². The molecule has 0 amide bonds. The molecule has 0 aromatic heterocycles. The van der Waals surface area contributed by atoms with E-state index in [1.54, 1.807) is 0 Å². The van der Waals surface area contributed by atoms with E-state index in [1.165, 1.54) is 64.5 Å². The van der Waals surface area contributed by atoms with E-state index in [0.29, 0.717) is 6.04 Å². The van der Waals surface area contributed by atoms with Gasteiger partial charge >= 0.3 is 0 Å². The summed E-state index contributed by atoms with van der Waals surface area (Å²) in [6.07, 6.45) is 11.1. The van der Waals surface area contributed by atoms with Crippen molar-refractivity contribution in [2.75, 3.05) is 13.1 Å². The summed E-state index contributed by atoms with van der Waals surface area (Å²) in [6.45, 7) is 11.9. The van der Waals surface area contributed by atoms with Crippen molar-refractivity contribution in [1.82, 2.24) is 10.2 Å². The van der Waals surface area contributed by atoms with E-state index in [2.05, 4.69) is 37.9 Å². The van der Waals surface area contributed by atoms with Gasteiger partial charge in [0.05, 0.1) is 0 Å². The topological polar surface area (TPSA) is 15.3 Å². The van der Waals surface area contributed by atoms with E-state index in [4.69, 9.17) is 0 Å². The number of nitrogens with one attached hydrogen (secondary N) is 1. The van der Waals surface area contributed by atoms with Gasteiger partial charge in [0.25, 0.3) is 0 Å². The molecule has 1 N–H and O–H groups in total. The average Bonchev–Trinajstić information content (AvgIpc) is 2.88. The summed E-state index contributed by atoms with van der Waals surface area (Å²) in [7, 11) is 0. The Balaban J connectivity index is 2.24. The van der Waals surface area contributed by atoms with Gasteiger partial charge in [0.15, 0.2) is 0 Å². The highest BCUT2D eigenvalue weighted by Crippen LogP contribution is 2.16. The summed E-state index contributed by atoms with van der Waals surface area (Å²) >= 11 is 0. The summed E-state index contributed by atoms with van der Waals surface area (Å²) < 4.78 is 0. The molecule has 0 aromatic carbocycles. The van der Waals surface area contributed by atoms with Gasteiger partial charge < -0.3 is 5.32 Å². The maximum absolute atomic E-state index is 3.64. The Morgan fingerprint density at radius 2 is 1.84 bits per heavy atom. The van der Waals surface area contributed by atoms with Crippen LogP contribution in [-0.4, -0.2) is 36.1 Å². The van der Waals surface area contributed by atoms with Crippen LogP contribution < -0.4 is 5.32 Å². The van der Waals surface area contributed by atoms with E-state index in [-0.39, 0.29) is 0 Å². The van der Waals surface area contributed by atoms with Crippen LogP contribution in [0.2, 0.25) is 0 Å². The van der Waals surface area contributed by atoms with Crippen molar-refractivity contribution >= 4 is 0 Å². The Morgan fingerprint density at radius 1 is 1.11 bits per heavy atom. The van der Waals surface area contributed by atoms with Gasteiger partial charge in [-0.05, 0) is 46.6 Å². The molecule has 1 aliphatic heterocycles. The monoisotopic (exact) mass is 268 g/mol. The molecular formula is C17H36N2. The summed E-state index contributed by atoms with van der Waals surface area (Å²) in [6, 6.07) is 2.15. The highest BCUT2D eigenvalue weighted by molar-refractivity contribution is 4.81. The van der Waals surface area contributed by atoms with Crippen LogP contribution in [-0.2, 0) is 0 Å². The quantitative estimate of drug-likeness (QED) is 0.597. The average molecular weight is 268 g/mol. The number of nitrogens with zero attached hydrogens (tertiary/aromatic N) is 1. The molecule has 0 saturated carbocycles. The van der Waals surface area contributed by atoms with Crippen molar-refractivity contribution in [2.24, 2.45) is 0 Å². The lowest BCUT2D eigenvalue weighted by Gasteiger charge is -2.35. The molecule has 19 heavy (non-hydrogen) atoms. The van der Waals surface area contributed by atoms with Gasteiger partial charge in [-0.15, -0.1) is 0 Å². The zero-order chi connectivity index (χ0) is 14.1. The molecule has 114 valence electrons. The lowest BCUT2D eigenvalue weighted by atomic mass is 10.0. The number of rotatable bonds is 10. The molecule has 1 rings (SSSR count). The van der Waals surface area contributed by atoms with Crippen LogP contribution in [0.4, 0.5) is 0 Å². The number of unbranched alkanes of at least 4 members (excludes halogenated alkanes) is 4. The molecule has 2 atom stereocenters. The van der Waals surface area contributed by atoms with Crippen molar-refractivity contribution in [3.63, 3.8) is 0 Å². The molecule has 0 aromatic rings. The molecule has 2 unspecified atom stereocenters. The van der Waals surface area contributed by atoms with Gasteiger partial charge in [0, 0.05) is 24.7 Å². The first-order valence-electron chi connectivity index (χ1n) is 8.64. The predicted molar refractivity (Wildman–Crippen MR) is 85.7 cm³/mol. The Hall–Kier alpha value is -0.0800. The number of hydrogen-bond acceptors (Lipinski definition) is 2. The minimum Gasteiger partial charge on any atom is -0.313 e. The summed E-state index contributed by atoms with van der Waals surface area (Å²) in [5, 5.41) is 3.64. The van der Waals surface area contributed by atoms with Gasteiger partial charge in [-0.2, -0.15) is 0 Å². The zero-order valence-electron chi connectivity index (χ0n) is 13.8. The van der Waals surface area contributed by atoms with Crippen molar-refractivity contribution in [3.05, 3.63) is 0 Å². The maximum Gasteiger partial charge on any atom is 0.0195 e. The first-order valence-corrected chi connectivity index (χ1v) is 8.64. The summed E-state index contributed by atoms with van der Waals surface area (Å²) in [5.74, 6) is 0. The third kappa shape index (κ3) is 6.76. The van der Waals surface area contributed by atoms with Gasteiger partial charge in [-0.1, -0.05) is 39.0 Å². The molecule has 0 radical (unpaired) electrons. The van der Waals surface area contributed by atoms with Crippen molar-refractivity contribution < 1.29 is 0 Å². The third-order valence-corrected chi connectivity index (χ3v) is 4.55. The van der Waals surface area contributed by atoms with Crippen LogP contribution >= 0.6 is 0 Å². The summed E-state index contributed by atoms with van der Waals surface area (Å²) in [4.78, 5) is 2.71. The van der Waals surface area contributed by atoms with E-state index in [1.807, 2.05) is 0 Å². The largest absolute Gasteiger partial charge is 0.313 e. The molecule has 2 nitrogen and oxygen atoms in total. The fourth-order valence-corrected chi connectivity index (χ4v) is 3.28. The first kappa shape index (κ1) is 17.0. The SMILES string of the molecule is CCCCCCCC(C)N(CC1CCCN1)C(C)C. The summed E-state index contributed by atoms with van der Waals surface area (Å²) in [5.41, 5.74) is 0. The smallest absolute Gasteiger partial charge is 0.0195 e. The fourth-order valence-electron chi connectivity index (χ4n) is 3.28. The van der Waals surface area contributed by atoms with Crippen LogP contribution in [0.3, 0.4) is 0 Å². The molecule has 1 fully saturated rings. The molecule has 1 aliphatic rings. The van der Waals surface area contributed by atoms with E-state index in [9.17, 15) is 0 Å². The van der Waals surface area contributed by atoms with Crippen LogP contribution in [0, 0.1) is 0 Å². The zero-order valence-corrected chi connectivity index (χ0v) is 13.8. The number of hydrogen-bond donors (Lipinski definition) is 1.